The van der Waals surface area contributed by atoms with Crippen LogP contribution in [0.15, 0.2) is 35.7 Å². The maximum atomic E-state index is 12.6. The van der Waals surface area contributed by atoms with Crippen molar-refractivity contribution in [1.29, 1.82) is 0 Å². The van der Waals surface area contributed by atoms with Crippen molar-refractivity contribution in [2.75, 3.05) is 11.9 Å². The molecule has 0 unspecified atom stereocenters. The Morgan fingerprint density at radius 2 is 2.05 bits per heavy atom. The number of halogens is 3. The summed E-state index contributed by atoms with van der Waals surface area (Å²) in [5, 5.41) is 15.6. The highest BCUT2D eigenvalue weighted by atomic mass is 32.1. The summed E-state index contributed by atoms with van der Waals surface area (Å²) in [5.74, 6) is 0. The Hall–Kier alpha value is -2.09. The molecule has 0 spiro atoms. The molecule has 0 fully saturated rings. The average molecular weight is 316 g/mol. The van der Waals surface area contributed by atoms with Crippen molar-refractivity contribution in [3.63, 3.8) is 0 Å². The van der Waals surface area contributed by atoms with Crippen LogP contribution in [-0.4, -0.2) is 11.5 Å². The van der Waals surface area contributed by atoms with Gasteiger partial charge in [0.1, 0.15) is 5.69 Å². The van der Waals surface area contributed by atoms with Gasteiger partial charge in [0.15, 0.2) is 0 Å². The van der Waals surface area contributed by atoms with Crippen molar-refractivity contribution in [3.05, 3.63) is 56.3 Å². The summed E-state index contributed by atoms with van der Waals surface area (Å²) < 4.78 is 37.7. The Kier molecular flexibility index (Phi) is 4.46. The molecule has 0 amide bonds. The zero-order chi connectivity index (χ0) is 15.5. The average Bonchev–Trinajstić information content (AvgIpc) is 2.90. The van der Waals surface area contributed by atoms with E-state index in [1.54, 1.807) is 11.3 Å². The van der Waals surface area contributed by atoms with Gasteiger partial charge in [0.05, 0.1) is 10.5 Å². The molecule has 2 aromatic rings. The number of anilines is 1. The second-order valence-electron chi connectivity index (χ2n) is 4.24. The zero-order valence-corrected chi connectivity index (χ0v) is 11.5. The van der Waals surface area contributed by atoms with Gasteiger partial charge < -0.3 is 5.32 Å². The number of rotatable bonds is 5. The van der Waals surface area contributed by atoms with Gasteiger partial charge in [0, 0.05) is 17.5 Å². The minimum atomic E-state index is -4.60. The number of nitrogens with zero attached hydrogens (tertiary/aromatic N) is 1. The molecule has 0 atom stereocenters. The first-order valence-electron chi connectivity index (χ1n) is 6.00. The topological polar surface area (TPSA) is 55.2 Å². The smallest absolute Gasteiger partial charge is 0.379 e. The highest BCUT2D eigenvalue weighted by Crippen LogP contribution is 2.34. The van der Waals surface area contributed by atoms with Gasteiger partial charge >= 0.3 is 6.18 Å². The standard InChI is InChI=1S/C13H11F3N2O2S/c14-13(15,16)9-3-4-11(12(8-9)18(19)20)17-6-5-10-2-1-7-21-10/h1-4,7-8,17H,5-6H2. The molecule has 2 rings (SSSR count). The molecule has 1 aromatic carbocycles. The highest BCUT2D eigenvalue weighted by molar-refractivity contribution is 7.09. The van der Waals surface area contributed by atoms with Crippen molar-refractivity contribution in [2.24, 2.45) is 0 Å². The molecular formula is C13H11F3N2O2S. The molecule has 4 nitrogen and oxygen atoms in total. The summed E-state index contributed by atoms with van der Waals surface area (Å²) >= 11 is 1.55. The van der Waals surface area contributed by atoms with Crippen LogP contribution in [0.25, 0.3) is 0 Å². The van der Waals surface area contributed by atoms with Gasteiger partial charge in [-0.15, -0.1) is 11.3 Å². The lowest BCUT2D eigenvalue weighted by molar-refractivity contribution is -0.384. The SMILES string of the molecule is O=[N+]([O-])c1cc(C(F)(F)F)ccc1NCCc1cccs1. The Balaban J connectivity index is 2.13. The largest absolute Gasteiger partial charge is 0.416 e. The number of nitro groups is 1. The van der Waals surface area contributed by atoms with Crippen LogP contribution in [0.1, 0.15) is 10.4 Å². The molecule has 0 saturated carbocycles. The summed E-state index contributed by atoms with van der Waals surface area (Å²) in [4.78, 5) is 11.2. The van der Waals surface area contributed by atoms with Gasteiger partial charge in [0.2, 0.25) is 0 Å². The molecule has 1 heterocycles. The maximum Gasteiger partial charge on any atom is 0.416 e. The first-order chi connectivity index (χ1) is 9.88. The van der Waals surface area contributed by atoms with E-state index in [2.05, 4.69) is 5.32 Å². The Bertz CT molecular complexity index is 627. The van der Waals surface area contributed by atoms with Crippen LogP contribution in [0.4, 0.5) is 24.5 Å². The zero-order valence-electron chi connectivity index (χ0n) is 10.7. The van der Waals surface area contributed by atoms with E-state index in [1.165, 1.54) is 0 Å². The molecule has 1 N–H and O–H groups in total. The summed E-state index contributed by atoms with van der Waals surface area (Å²) in [7, 11) is 0. The molecule has 0 aliphatic rings. The van der Waals surface area contributed by atoms with Gasteiger partial charge in [-0.1, -0.05) is 6.07 Å². The van der Waals surface area contributed by atoms with E-state index in [4.69, 9.17) is 0 Å². The van der Waals surface area contributed by atoms with E-state index < -0.39 is 22.4 Å². The lowest BCUT2D eigenvalue weighted by Crippen LogP contribution is -2.09. The van der Waals surface area contributed by atoms with Gasteiger partial charge in [0.25, 0.3) is 5.69 Å². The van der Waals surface area contributed by atoms with Crippen LogP contribution in [0.2, 0.25) is 0 Å². The number of benzene rings is 1. The van der Waals surface area contributed by atoms with Crippen LogP contribution in [0, 0.1) is 10.1 Å². The molecule has 0 saturated heterocycles. The Labute approximate surface area is 122 Å². The fourth-order valence-corrected chi connectivity index (χ4v) is 2.49. The molecule has 0 aliphatic heterocycles. The molecule has 21 heavy (non-hydrogen) atoms. The van der Waals surface area contributed by atoms with E-state index in [-0.39, 0.29) is 5.69 Å². The third-order valence-corrected chi connectivity index (χ3v) is 3.72. The minimum Gasteiger partial charge on any atom is -0.379 e. The van der Waals surface area contributed by atoms with Gasteiger partial charge in [-0.25, -0.2) is 0 Å². The van der Waals surface area contributed by atoms with E-state index >= 15 is 0 Å². The second kappa shape index (κ2) is 6.13. The molecule has 0 radical (unpaired) electrons. The van der Waals surface area contributed by atoms with Crippen LogP contribution >= 0.6 is 11.3 Å². The number of alkyl halides is 3. The number of nitro benzene ring substituents is 1. The van der Waals surface area contributed by atoms with Gasteiger partial charge in [-0.05, 0) is 30.0 Å². The predicted octanol–water partition coefficient (Wildman–Crippen LogP) is 4.33. The van der Waals surface area contributed by atoms with E-state index in [0.717, 1.165) is 17.0 Å². The van der Waals surface area contributed by atoms with Crippen molar-refractivity contribution >= 4 is 22.7 Å². The van der Waals surface area contributed by atoms with Crippen molar-refractivity contribution in [1.82, 2.24) is 0 Å². The second-order valence-corrected chi connectivity index (χ2v) is 5.28. The van der Waals surface area contributed by atoms with Crippen LogP contribution in [0.3, 0.4) is 0 Å². The minimum absolute atomic E-state index is 0.0876. The lowest BCUT2D eigenvalue weighted by atomic mass is 10.1. The number of thiophene rings is 1. The Morgan fingerprint density at radius 3 is 2.62 bits per heavy atom. The first kappa shape index (κ1) is 15.3. The summed E-state index contributed by atoms with van der Waals surface area (Å²) in [6.07, 6.45) is -3.95. The van der Waals surface area contributed by atoms with Crippen LogP contribution in [0.5, 0.6) is 0 Å². The Morgan fingerprint density at radius 1 is 1.29 bits per heavy atom. The van der Waals surface area contributed by atoms with E-state index in [9.17, 15) is 23.3 Å². The maximum absolute atomic E-state index is 12.6. The van der Waals surface area contributed by atoms with Crippen LogP contribution in [-0.2, 0) is 12.6 Å². The first-order valence-corrected chi connectivity index (χ1v) is 6.88. The monoisotopic (exact) mass is 316 g/mol. The van der Waals surface area contributed by atoms with E-state index in [1.807, 2.05) is 17.5 Å². The third kappa shape index (κ3) is 3.94. The molecule has 0 bridgehead atoms. The molecule has 112 valence electrons. The molecular weight excluding hydrogens is 305 g/mol. The summed E-state index contributed by atoms with van der Waals surface area (Å²) in [6.45, 7) is 0.409. The number of nitrogens with one attached hydrogen (secondary N) is 1. The van der Waals surface area contributed by atoms with Crippen LogP contribution < -0.4 is 5.32 Å². The predicted molar refractivity (Wildman–Crippen MR) is 74.6 cm³/mol. The lowest BCUT2D eigenvalue weighted by Gasteiger charge is -2.10. The summed E-state index contributed by atoms with van der Waals surface area (Å²) in [6, 6.07) is 6.29. The highest BCUT2D eigenvalue weighted by Gasteiger charge is 2.32. The summed E-state index contributed by atoms with van der Waals surface area (Å²) in [5.41, 5.74) is -1.52. The number of hydrogen-bond donors (Lipinski definition) is 1. The molecule has 8 heteroatoms. The fourth-order valence-electron chi connectivity index (χ4n) is 1.78. The van der Waals surface area contributed by atoms with Gasteiger partial charge in [-0.2, -0.15) is 13.2 Å². The fraction of sp³-hybridized carbons (Fsp3) is 0.231. The molecule has 0 aliphatic carbocycles. The quantitative estimate of drug-likeness (QED) is 0.660. The van der Waals surface area contributed by atoms with Crippen molar-refractivity contribution < 1.29 is 18.1 Å². The normalized spacial score (nSPS) is 11.4. The third-order valence-electron chi connectivity index (χ3n) is 2.79. The molecule has 1 aromatic heterocycles. The van der Waals surface area contributed by atoms with Gasteiger partial charge in [-0.3, -0.25) is 10.1 Å². The van der Waals surface area contributed by atoms with Crippen molar-refractivity contribution in [3.8, 4) is 0 Å². The van der Waals surface area contributed by atoms with E-state index in [0.29, 0.717) is 19.0 Å². The number of hydrogen-bond acceptors (Lipinski definition) is 4. The van der Waals surface area contributed by atoms with Crippen molar-refractivity contribution in [2.45, 2.75) is 12.6 Å².